The Kier molecular flexibility index (Phi) is 5.09. The number of halogens is 1. The molecular weight excluding hydrogens is 326 g/mol. The van der Waals surface area contributed by atoms with Crippen LogP contribution in [0.1, 0.15) is 49.2 Å². The van der Waals surface area contributed by atoms with Gasteiger partial charge in [-0.25, -0.2) is 4.79 Å². The summed E-state index contributed by atoms with van der Waals surface area (Å²) in [5, 5.41) is 7.74. The molecule has 0 radical (unpaired) electrons. The van der Waals surface area contributed by atoms with Gasteiger partial charge in [0.1, 0.15) is 11.5 Å². The molecule has 1 aromatic heterocycles. The van der Waals surface area contributed by atoms with Crippen LogP contribution in [0.2, 0.25) is 5.02 Å². The maximum atomic E-state index is 12.6. The van der Waals surface area contributed by atoms with Crippen molar-refractivity contribution >= 4 is 23.3 Å². The first-order chi connectivity index (χ1) is 11.6. The van der Waals surface area contributed by atoms with Gasteiger partial charge in [-0.05, 0) is 43.9 Å². The highest BCUT2D eigenvalue weighted by Gasteiger charge is 2.32. The molecule has 0 saturated carbocycles. The van der Waals surface area contributed by atoms with Gasteiger partial charge in [0.2, 0.25) is 0 Å². The molecule has 1 N–H and O–H groups in total. The number of hydrogen-bond acceptors (Lipinski definition) is 3. The topological polar surface area (TPSA) is 58.4 Å². The molecule has 2 aromatic rings. The summed E-state index contributed by atoms with van der Waals surface area (Å²) in [6, 6.07) is 7.35. The molecular formula is C18H22ClN3O2. The SMILES string of the molecule is CCCc1cc(C2CCCN2C(=O)Nc2ccc(C)c(Cl)c2)no1. The van der Waals surface area contributed by atoms with Crippen LogP contribution >= 0.6 is 11.6 Å². The first-order valence-corrected chi connectivity index (χ1v) is 8.75. The fraction of sp³-hybridized carbons (Fsp3) is 0.444. The van der Waals surface area contributed by atoms with Gasteiger partial charge < -0.3 is 14.7 Å². The van der Waals surface area contributed by atoms with Crippen molar-refractivity contribution in [2.75, 3.05) is 11.9 Å². The Balaban J connectivity index is 1.71. The zero-order valence-corrected chi connectivity index (χ0v) is 14.8. The fourth-order valence-corrected chi connectivity index (χ4v) is 3.21. The highest BCUT2D eigenvalue weighted by atomic mass is 35.5. The van der Waals surface area contributed by atoms with E-state index in [9.17, 15) is 4.79 Å². The van der Waals surface area contributed by atoms with Crippen LogP contribution in [0.25, 0.3) is 0 Å². The lowest BCUT2D eigenvalue weighted by atomic mass is 10.1. The minimum atomic E-state index is -0.127. The van der Waals surface area contributed by atoms with Gasteiger partial charge in [0.05, 0.1) is 6.04 Å². The molecule has 5 nitrogen and oxygen atoms in total. The van der Waals surface area contributed by atoms with Gasteiger partial charge in [0.25, 0.3) is 0 Å². The summed E-state index contributed by atoms with van der Waals surface area (Å²) < 4.78 is 5.37. The van der Waals surface area contributed by atoms with Gasteiger partial charge >= 0.3 is 6.03 Å². The molecule has 24 heavy (non-hydrogen) atoms. The summed E-state index contributed by atoms with van der Waals surface area (Å²) in [6.45, 7) is 4.75. The van der Waals surface area contributed by atoms with Crippen LogP contribution < -0.4 is 5.32 Å². The highest BCUT2D eigenvalue weighted by molar-refractivity contribution is 6.31. The molecule has 2 amide bonds. The summed E-state index contributed by atoms with van der Waals surface area (Å²) in [5.74, 6) is 0.880. The van der Waals surface area contributed by atoms with Crippen LogP contribution in [0, 0.1) is 6.92 Å². The molecule has 1 saturated heterocycles. The van der Waals surface area contributed by atoms with Crippen LogP contribution in [0.4, 0.5) is 10.5 Å². The molecule has 1 aliphatic heterocycles. The third-order valence-electron chi connectivity index (χ3n) is 4.35. The number of hydrogen-bond donors (Lipinski definition) is 1. The average molecular weight is 348 g/mol. The Labute approximate surface area is 147 Å². The van der Waals surface area contributed by atoms with Gasteiger partial charge in [-0.1, -0.05) is 29.7 Å². The number of aromatic nitrogens is 1. The summed E-state index contributed by atoms with van der Waals surface area (Å²) >= 11 is 6.13. The zero-order valence-electron chi connectivity index (χ0n) is 14.0. The van der Waals surface area contributed by atoms with Crippen LogP contribution in [0.3, 0.4) is 0 Å². The number of rotatable bonds is 4. The standard InChI is InChI=1S/C18H22ClN3O2/c1-3-5-14-11-16(21-24-14)17-6-4-9-22(17)18(23)20-13-8-7-12(2)15(19)10-13/h7-8,10-11,17H,3-6,9H2,1-2H3,(H,20,23). The van der Waals surface area contributed by atoms with Crippen molar-refractivity contribution < 1.29 is 9.32 Å². The van der Waals surface area contributed by atoms with Crippen LogP contribution in [0.15, 0.2) is 28.8 Å². The Morgan fingerprint density at radius 2 is 2.29 bits per heavy atom. The Morgan fingerprint density at radius 3 is 3.04 bits per heavy atom. The normalized spacial score (nSPS) is 17.3. The number of nitrogens with one attached hydrogen (secondary N) is 1. The largest absolute Gasteiger partial charge is 0.361 e. The second kappa shape index (κ2) is 7.26. The Bertz CT molecular complexity index is 729. The number of urea groups is 1. The molecule has 128 valence electrons. The number of nitrogens with zero attached hydrogens (tertiary/aromatic N) is 2. The molecule has 1 aliphatic rings. The third-order valence-corrected chi connectivity index (χ3v) is 4.76. The third kappa shape index (κ3) is 3.56. The molecule has 1 fully saturated rings. The van der Waals surface area contributed by atoms with Crippen molar-refractivity contribution in [1.29, 1.82) is 0 Å². The zero-order chi connectivity index (χ0) is 17.1. The van der Waals surface area contributed by atoms with E-state index in [1.807, 2.05) is 30.0 Å². The van der Waals surface area contributed by atoms with Crippen molar-refractivity contribution in [2.24, 2.45) is 0 Å². The lowest BCUT2D eigenvalue weighted by molar-refractivity contribution is 0.204. The molecule has 1 unspecified atom stereocenters. The van der Waals surface area contributed by atoms with Gasteiger partial charge in [0, 0.05) is 29.7 Å². The van der Waals surface area contributed by atoms with E-state index in [2.05, 4.69) is 17.4 Å². The predicted octanol–water partition coefficient (Wildman–Crippen LogP) is 4.96. The molecule has 1 aromatic carbocycles. The number of carbonyl (C=O) groups excluding carboxylic acids is 1. The van der Waals surface area contributed by atoms with E-state index in [0.717, 1.165) is 42.7 Å². The summed E-state index contributed by atoms with van der Waals surface area (Å²) in [7, 11) is 0. The maximum Gasteiger partial charge on any atom is 0.322 e. The van der Waals surface area contributed by atoms with Gasteiger partial charge in [0.15, 0.2) is 0 Å². The second-order valence-electron chi connectivity index (χ2n) is 6.21. The van der Waals surface area contributed by atoms with Crippen molar-refractivity contribution in [1.82, 2.24) is 10.1 Å². The van der Waals surface area contributed by atoms with Crippen LogP contribution in [0.5, 0.6) is 0 Å². The smallest absolute Gasteiger partial charge is 0.322 e. The number of amides is 2. The minimum Gasteiger partial charge on any atom is -0.361 e. The predicted molar refractivity (Wildman–Crippen MR) is 94.4 cm³/mol. The van der Waals surface area contributed by atoms with Crippen LogP contribution in [-0.4, -0.2) is 22.6 Å². The first-order valence-electron chi connectivity index (χ1n) is 8.37. The summed E-state index contributed by atoms with van der Waals surface area (Å²) in [5.41, 5.74) is 2.53. The first kappa shape index (κ1) is 16.8. The van der Waals surface area contributed by atoms with Crippen molar-refractivity contribution in [2.45, 2.75) is 45.6 Å². The molecule has 0 spiro atoms. The molecule has 3 rings (SSSR count). The number of carbonyl (C=O) groups is 1. The quantitative estimate of drug-likeness (QED) is 0.850. The number of benzene rings is 1. The van der Waals surface area contributed by atoms with E-state index in [1.165, 1.54) is 0 Å². The van der Waals surface area contributed by atoms with E-state index < -0.39 is 0 Å². The van der Waals surface area contributed by atoms with E-state index >= 15 is 0 Å². The van der Waals surface area contributed by atoms with Crippen LogP contribution in [-0.2, 0) is 6.42 Å². The molecule has 6 heteroatoms. The second-order valence-corrected chi connectivity index (χ2v) is 6.62. The van der Waals surface area contributed by atoms with E-state index in [1.54, 1.807) is 6.07 Å². The lowest BCUT2D eigenvalue weighted by Gasteiger charge is -2.23. The van der Waals surface area contributed by atoms with E-state index in [4.69, 9.17) is 16.1 Å². The van der Waals surface area contributed by atoms with Crippen molar-refractivity contribution in [3.05, 3.63) is 46.3 Å². The number of anilines is 1. The van der Waals surface area contributed by atoms with E-state index in [0.29, 0.717) is 17.3 Å². The van der Waals surface area contributed by atoms with Gasteiger partial charge in [-0.15, -0.1) is 0 Å². The van der Waals surface area contributed by atoms with Crippen molar-refractivity contribution in [3.8, 4) is 0 Å². The summed E-state index contributed by atoms with van der Waals surface area (Å²) in [4.78, 5) is 14.5. The van der Waals surface area contributed by atoms with Crippen molar-refractivity contribution in [3.63, 3.8) is 0 Å². The van der Waals surface area contributed by atoms with Gasteiger partial charge in [-0.2, -0.15) is 0 Å². The molecule has 2 heterocycles. The van der Waals surface area contributed by atoms with E-state index in [-0.39, 0.29) is 12.1 Å². The fourth-order valence-electron chi connectivity index (χ4n) is 3.03. The highest BCUT2D eigenvalue weighted by Crippen LogP contribution is 2.32. The Morgan fingerprint density at radius 1 is 1.46 bits per heavy atom. The Hall–Kier alpha value is -2.01. The molecule has 1 atom stereocenters. The minimum absolute atomic E-state index is 0.0275. The lowest BCUT2D eigenvalue weighted by Crippen LogP contribution is -2.34. The average Bonchev–Trinajstić information content (AvgIpc) is 3.20. The number of likely N-dealkylation sites (tertiary alicyclic amines) is 1. The molecule has 0 aliphatic carbocycles. The van der Waals surface area contributed by atoms with Gasteiger partial charge in [-0.3, -0.25) is 0 Å². The monoisotopic (exact) mass is 347 g/mol. The number of aryl methyl sites for hydroxylation is 2. The molecule has 0 bridgehead atoms. The summed E-state index contributed by atoms with van der Waals surface area (Å²) in [6.07, 6.45) is 3.74. The maximum absolute atomic E-state index is 12.6.